The van der Waals surface area contributed by atoms with Crippen LogP contribution >= 0.6 is 11.6 Å². The normalized spacial score (nSPS) is 11.0. The third kappa shape index (κ3) is 4.81. The quantitative estimate of drug-likeness (QED) is 0.686. The Hall–Kier alpha value is -2.85. The van der Waals surface area contributed by atoms with E-state index in [9.17, 15) is 4.79 Å². The maximum Gasteiger partial charge on any atom is 0.248 e. The number of amides is 1. The van der Waals surface area contributed by atoms with Crippen molar-refractivity contribution < 1.29 is 4.79 Å². The van der Waals surface area contributed by atoms with Crippen molar-refractivity contribution in [2.75, 3.05) is 5.32 Å². The maximum absolute atomic E-state index is 12.0. The summed E-state index contributed by atoms with van der Waals surface area (Å²) in [6.45, 7) is 2.72. The molecule has 0 aliphatic carbocycles. The number of aryl methyl sites for hydroxylation is 1. The fourth-order valence-corrected chi connectivity index (χ4v) is 2.67. The molecular weight excluding hydrogens is 334 g/mol. The van der Waals surface area contributed by atoms with Gasteiger partial charge in [-0.3, -0.25) is 9.48 Å². The van der Waals surface area contributed by atoms with Crippen molar-refractivity contribution in [1.82, 2.24) is 9.78 Å². The molecule has 1 amide bonds. The summed E-state index contributed by atoms with van der Waals surface area (Å²) in [7, 11) is 0. The number of hydrogen-bond acceptors (Lipinski definition) is 2. The topological polar surface area (TPSA) is 46.9 Å². The highest BCUT2D eigenvalue weighted by molar-refractivity contribution is 6.32. The number of aromatic nitrogens is 2. The average Bonchev–Trinajstić information content (AvgIpc) is 3.01. The fraction of sp³-hybridized carbons (Fsp3) is 0.100. The first-order chi connectivity index (χ1) is 12.1. The zero-order valence-corrected chi connectivity index (χ0v) is 14.6. The van der Waals surface area contributed by atoms with E-state index in [1.165, 1.54) is 17.2 Å². The first-order valence-electron chi connectivity index (χ1n) is 7.92. The van der Waals surface area contributed by atoms with Crippen molar-refractivity contribution in [3.63, 3.8) is 0 Å². The molecule has 0 saturated heterocycles. The molecule has 0 aliphatic rings. The van der Waals surface area contributed by atoms with Gasteiger partial charge in [0, 0.05) is 17.3 Å². The molecule has 1 N–H and O–H groups in total. The van der Waals surface area contributed by atoms with E-state index in [2.05, 4.69) is 35.5 Å². The summed E-state index contributed by atoms with van der Waals surface area (Å²) in [6.07, 6.45) is 6.59. The van der Waals surface area contributed by atoms with Crippen LogP contribution in [0.15, 0.2) is 67.0 Å². The predicted octanol–water partition coefficient (Wildman–Crippen LogP) is 4.55. The van der Waals surface area contributed by atoms with E-state index >= 15 is 0 Å². The Labute approximate surface area is 151 Å². The van der Waals surface area contributed by atoms with Crippen molar-refractivity contribution >= 4 is 29.3 Å². The molecule has 0 spiro atoms. The molecule has 0 radical (unpaired) electrons. The standard InChI is InChI=1S/C20H18ClN3O/c1-15-5-4-6-16(11-15)13-24-14-18(12-22-24)23-20(25)10-9-17-7-2-3-8-19(17)21/h2-12,14H,13H2,1H3,(H,23,25)/b10-9+. The Bertz CT molecular complexity index is 915. The van der Waals surface area contributed by atoms with Gasteiger partial charge in [0.25, 0.3) is 0 Å². The molecule has 25 heavy (non-hydrogen) atoms. The Morgan fingerprint density at radius 1 is 1.24 bits per heavy atom. The van der Waals surface area contributed by atoms with Gasteiger partial charge in [-0.15, -0.1) is 0 Å². The van der Waals surface area contributed by atoms with E-state index in [0.29, 0.717) is 17.3 Å². The summed E-state index contributed by atoms with van der Waals surface area (Å²) in [5.41, 5.74) is 3.83. The van der Waals surface area contributed by atoms with Gasteiger partial charge >= 0.3 is 0 Å². The molecule has 0 fully saturated rings. The number of nitrogens with zero attached hydrogens (tertiary/aromatic N) is 2. The summed E-state index contributed by atoms with van der Waals surface area (Å²) < 4.78 is 1.79. The zero-order valence-electron chi connectivity index (χ0n) is 13.8. The number of rotatable bonds is 5. The van der Waals surface area contributed by atoms with Crippen LogP contribution in [0, 0.1) is 6.92 Å². The number of nitrogens with one attached hydrogen (secondary N) is 1. The monoisotopic (exact) mass is 351 g/mol. The minimum absolute atomic E-state index is 0.227. The molecule has 0 unspecified atom stereocenters. The van der Waals surface area contributed by atoms with Gasteiger partial charge in [-0.2, -0.15) is 5.10 Å². The zero-order chi connectivity index (χ0) is 17.6. The van der Waals surface area contributed by atoms with Crippen LogP contribution in [0.3, 0.4) is 0 Å². The number of benzene rings is 2. The maximum atomic E-state index is 12.0. The molecule has 0 bridgehead atoms. The van der Waals surface area contributed by atoms with E-state index in [1.54, 1.807) is 23.0 Å². The molecule has 1 heterocycles. The largest absolute Gasteiger partial charge is 0.320 e. The van der Waals surface area contributed by atoms with Gasteiger partial charge in [-0.1, -0.05) is 59.6 Å². The van der Waals surface area contributed by atoms with Crippen LogP contribution in [0.25, 0.3) is 6.08 Å². The summed E-state index contributed by atoms with van der Waals surface area (Å²) in [4.78, 5) is 12.0. The molecule has 4 nitrogen and oxygen atoms in total. The molecule has 126 valence electrons. The van der Waals surface area contributed by atoms with Gasteiger partial charge in [-0.05, 0) is 30.2 Å². The van der Waals surface area contributed by atoms with Gasteiger partial charge in [0.15, 0.2) is 0 Å². The van der Waals surface area contributed by atoms with Gasteiger partial charge in [-0.25, -0.2) is 0 Å². The molecule has 0 saturated carbocycles. The van der Waals surface area contributed by atoms with Crippen LogP contribution in [0.1, 0.15) is 16.7 Å². The Morgan fingerprint density at radius 3 is 2.88 bits per heavy atom. The smallest absolute Gasteiger partial charge is 0.248 e. The fourth-order valence-electron chi connectivity index (χ4n) is 2.47. The lowest BCUT2D eigenvalue weighted by atomic mass is 10.1. The highest BCUT2D eigenvalue weighted by Crippen LogP contribution is 2.16. The second-order valence-corrected chi connectivity index (χ2v) is 6.17. The summed E-state index contributed by atoms with van der Waals surface area (Å²) in [5.74, 6) is -0.227. The number of halogens is 1. The molecular formula is C20H18ClN3O. The highest BCUT2D eigenvalue weighted by atomic mass is 35.5. The van der Waals surface area contributed by atoms with E-state index in [0.717, 1.165) is 5.56 Å². The highest BCUT2D eigenvalue weighted by Gasteiger charge is 2.03. The molecule has 1 aromatic heterocycles. The average molecular weight is 352 g/mol. The summed E-state index contributed by atoms with van der Waals surface area (Å²) in [5, 5.41) is 7.69. The van der Waals surface area contributed by atoms with Crippen molar-refractivity contribution in [2.45, 2.75) is 13.5 Å². The van der Waals surface area contributed by atoms with Crippen molar-refractivity contribution in [3.8, 4) is 0 Å². The van der Waals surface area contributed by atoms with Gasteiger partial charge in [0.1, 0.15) is 0 Å². The minimum atomic E-state index is -0.227. The lowest BCUT2D eigenvalue weighted by Gasteiger charge is -2.03. The van der Waals surface area contributed by atoms with Gasteiger partial charge in [0.2, 0.25) is 5.91 Å². The van der Waals surface area contributed by atoms with Crippen LogP contribution in [0.2, 0.25) is 5.02 Å². The summed E-state index contributed by atoms with van der Waals surface area (Å²) in [6, 6.07) is 15.6. The molecule has 3 rings (SSSR count). The number of anilines is 1. The second kappa shape index (κ2) is 7.81. The van der Waals surface area contributed by atoms with Gasteiger partial charge < -0.3 is 5.32 Å². The lowest BCUT2D eigenvalue weighted by molar-refractivity contribution is -0.111. The van der Waals surface area contributed by atoms with Crippen LogP contribution in [0.5, 0.6) is 0 Å². The van der Waals surface area contributed by atoms with Crippen molar-refractivity contribution in [1.29, 1.82) is 0 Å². The summed E-state index contributed by atoms with van der Waals surface area (Å²) >= 11 is 6.06. The van der Waals surface area contributed by atoms with Crippen LogP contribution in [0.4, 0.5) is 5.69 Å². The number of hydrogen-bond donors (Lipinski definition) is 1. The van der Waals surface area contributed by atoms with Crippen LogP contribution in [-0.4, -0.2) is 15.7 Å². The van der Waals surface area contributed by atoms with E-state index in [1.807, 2.05) is 30.5 Å². The minimum Gasteiger partial charge on any atom is -0.320 e. The molecule has 0 aliphatic heterocycles. The predicted molar refractivity (Wildman–Crippen MR) is 102 cm³/mol. The van der Waals surface area contributed by atoms with Crippen LogP contribution in [-0.2, 0) is 11.3 Å². The first-order valence-corrected chi connectivity index (χ1v) is 8.29. The second-order valence-electron chi connectivity index (χ2n) is 5.76. The van der Waals surface area contributed by atoms with Gasteiger partial charge in [0.05, 0.1) is 18.4 Å². The lowest BCUT2D eigenvalue weighted by Crippen LogP contribution is -2.07. The molecule has 3 aromatic rings. The van der Waals surface area contributed by atoms with Crippen LogP contribution < -0.4 is 5.32 Å². The third-order valence-electron chi connectivity index (χ3n) is 3.65. The Morgan fingerprint density at radius 2 is 2.08 bits per heavy atom. The first kappa shape index (κ1) is 17.0. The third-order valence-corrected chi connectivity index (χ3v) is 3.99. The molecule has 5 heteroatoms. The van der Waals surface area contributed by atoms with E-state index in [-0.39, 0.29) is 5.91 Å². The van der Waals surface area contributed by atoms with E-state index < -0.39 is 0 Å². The Balaban J connectivity index is 1.61. The molecule has 0 atom stereocenters. The van der Waals surface area contributed by atoms with Crippen molar-refractivity contribution in [3.05, 3.63) is 88.7 Å². The van der Waals surface area contributed by atoms with Crippen molar-refractivity contribution in [2.24, 2.45) is 0 Å². The SMILES string of the molecule is Cc1cccc(Cn2cc(NC(=O)/C=C/c3ccccc3Cl)cn2)c1. The number of carbonyl (C=O) groups is 1. The van der Waals surface area contributed by atoms with E-state index in [4.69, 9.17) is 11.6 Å². The Kier molecular flexibility index (Phi) is 5.31. The number of carbonyl (C=O) groups excluding carboxylic acids is 1. The molecule has 2 aromatic carbocycles.